The number of rotatable bonds is 2. The highest BCUT2D eigenvalue weighted by Gasteiger charge is 2.38. The normalized spacial score (nSPS) is 12.0. The van der Waals surface area contributed by atoms with Crippen LogP contribution in [0.5, 0.6) is 0 Å². The molecule has 2 aromatic rings. The molecule has 0 unspecified atom stereocenters. The molecule has 0 bridgehead atoms. The molecule has 17 heavy (non-hydrogen) atoms. The lowest BCUT2D eigenvalue weighted by molar-refractivity contribution is -0.146. The number of alkyl halides is 3. The standard InChI is InChI=1S/C7H5F3N4O2S/c1-16-4(15)2-3-13-14-5(7(8,9)10)11-12-6(14)17-3/h2H2,1H3. The number of hydrogen-bond donors (Lipinski definition) is 0. The van der Waals surface area contributed by atoms with Gasteiger partial charge in [-0.1, -0.05) is 11.3 Å². The lowest BCUT2D eigenvalue weighted by Crippen LogP contribution is -2.12. The summed E-state index contributed by atoms with van der Waals surface area (Å²) in [6, 6.07) is 0. The molecule has 0 atom stereocenters. The van der Waals surface area contributed by atoms with Crippen LogP contribution in [0, 0.1) is 0 Å². The van der Waals surface area contributed by atoms with E-state index in [2.05, 4.69) is 20.0 Å². The van der Waals surface area contributed by atoms with Gasteiger partial charge in [-0.15, -0.1) is 10.2 Å². The van der Waals surface area contributed by atoms with Crippen LogP contribution in [-0.4, -0.2) is 32.9 Å². The molecular weight excluding hydrogens is 261 g/mol. The third kappa shape index (κ3) is 2.20. The fourth-order valence-corrected chi connectivity index (χ4v) is 1.92. The molecule has 2 rings (SSSR count). The quantitative estimate of drug-likeness (QED) is 0.756. The Bertz CT molecular complexity index is 561. The third-order valence-electron chi connectivity index (χ3n) is 1.81. The summed E-state index contributed by atoms with van der Waals surface area (Å²) < 4.78 is 42.3. The van der Waals surface area contributed by atoms with E-state index in [9.17, 15) is 18.0 Å². The van der Waals surface area contributed by atoms with Gasteiger partial charge in [-0.25, -0.2) is 0 Å². The minimum absolute atomic E-state index is 0.0174. The number of halogens is 3. The fraction of sp³-hybridized carbons (Fsp3) is 0.429. The Morgan fingerprint density at radius 2 is 2.18 bits per heavy atom. The van der Waals surface area contributed by atoms with Crippen molar-refractivity contribution in [1.82, 2.24) is 19.8 Å². The van der Waals surface area contributed by atoms with Gasteiger partial charge in [-0.3, -0.25) is 4.79 Å². The molecule has 0 radical (unpaired) electrons. The van der Waals surface area contributed by atoms with Crippen molar-refractivity contribution >= 4 is 22.3 Å². The van der Waals surface area contributed by atoms with E-state index in [4.69, 9.17) is 0 Å². The number of methoxy groups -OCH3 is 1. The summed E-state index contributed by atoms with van der Waals surface area (Å²) in [5.74, 6) is -1.79. The van der Waals surface area contributed by atoms with Crippen LogP contribution >= 0.6 is 11.3 Å². The van der Waals surface area contributed by atoms with Crippen LogP contribution in [0.2, 0.25) is 0 Å². The molecule has 0 aliphatic rings. The minimum atomic E-state index is -4.63. The minimum Gasteiger partial charge on any atom is -0.469 e. The predicted octanol–water partition coefficient (Wildman–Crippen LogP) is 0.920. The zero-order valence-corrected chi connectivity index (χ0v) is 9.17. The molecule has 0 saturated carbocycles. The van der Waals surface area contributed by atoms with Crippen LogP contribution in [-0.2, 0) is 22.1 Å². The van der Waals surface area contributed by atoms with E-state index >= 15 is 0 Å². The topological polar surface area (TPSA) is 69.4 Å². The fourth-order valence-electron chi connectivity index (χ4n) is 1.10. The number of nitrogens with zero attached hydrogens (tertiary/aromatic N) is 4. The number of aromatic nitrogens is 4. The van der Waals surface area contributed by atoms with E-state index in [0.29, 0.717) is 4.52 Å². The first-order valence-corrected chi connectivity index (χ1v) is 5.08. The van der Waals surface area contributed by atoms with Gasteiger partial charge in [-0.05, 0) is 0 Å². The van der Waals surface area contributed by atoms with E-state index in [1.54, 1.807) is 0 Å². The zero-order chi connectivity index (χ0) is 12.6. The van der Waals surface area contributed by atoms with Crippen LogP contribution in [0.4, 0.5) is 13.2 Å². The van der Waals surface area contributed by atoms with E-state index in [-0.39, 0.29) is 16.4 Å². The van der Waals surface area contributed by atoms with Crippen molar-refractivity contribution in [2.75, 3.05) is 7.11 Å². The first-order valence-electron chi connectivity index (χ1n) is 4.27. The number of fused-ring (bicyclic) bond motifs is 1. The first-order chi connectivity index (χ1) is 7.91. The van der Waals surface area contributed by atoms with Gasteiger partial charge < -0.3 is 4.74 Å². The Labute approximate surface area is 96.0 Å². The summed E-state index contributed by atoms with van der Waals surface area (Å²) in [6.45, 7) is 0. The molecule has 0 aliphatic carbocycles. The molecule has 0 aliphatic heterocycles. The second-order valence-corrected chi connectivity index (χ2v) is 4.00. The number of carbonyl (C=O) groups excluding carboxylic acids is 1. The highest BCUT2D eigenvalue weighted by Crippen LogP contribution is 2.28. The maximum Gasteiger partial charge on any atom is 0.453 e. The average molecular weight is 266 g/mol. The number of esters is 1. The first kappa shape index (κ1) is 11.8. The van der Waals surface area contributed by atoms with Gasteiger partial charge in [0.1, 0.15) is 5.01 Å². The van der Waals surface area contributed by atoms with Crippen LogP contribution in [0.3, 0.4) is 0 Å². The van der Waals surface area contributed by atoms with E-state index < -0.39 is 18.0 Å². The Kier molecular flexibility index (Phi) is 2.73. The maximum absolute atomic E-state index is 12.4. The van der Waals surface area contributed by atoms with Crippen molar-refractivity contribution in [3.8, 4) is 0 Å². The van der Waals surface area contributed by atoms with Crippen LogP contribution in [0.15, 0.2) is 0 Å². The Morgan fingerprint density at radius 1 is 1.47 bits per heavy atom. The van der Waals surface area contributed by atoms with Gasteiger partial charge in [0, 0.05) is 0 Å². The van der Waals surface area contributed by atoms with E-state index in [0.717, 1.165) is 11.3 Å². The van der Waals surface area contributed by atoms with Crippen LogP contribution in [0.25, 0.3) is 4.96 Å². The van der Waals surface area contributed by atoms with Gasteiger partial charge >= 0.3 is 12.1 Å². The van der Waals surface area contributed by atoms with E-state index in [1.807, 2.05) is 0 Å². The molecule has 0 aromatic carbocycles. The molecule has 10 heteroatoms. The summed E-state index contributed by atoms with van der Waals surface area (Å²) in [6.07, 6.45) is -4.82. The Hall–Kier alpha value is -1.71. The van der Waals surface area contributed by atoms with Gasteiger partial charge in [0.25, 0.3) is 5.82 Å². The summed E-state index contributed by atoms with van der Waals surface area (Å²) in [5, 5.41) is 10.1. The van der Waals surface area contributed by atoms with Crippen molar-refractivity contribution in [2.45, 2.75) is 12.6 Å². The number of ether oxygens (including phenoxy) is 1. The smallest absolute Gasteiger partial charge is 0.453 e. The zero-order valence-electron chi connectivity index (χ0n) is 8.35. The van der Waals surface area contributed by atoms with E-state index in [1.165, 1.54) is 7.11 Å². The largest absolute Gasteiger partial charge is 0.469 e. The van der Waals surface area contributed by atoms with Crippen LogP contribution < -0.4 is 0 Å². The van der Waals surface area contributed by atoms with Gasteiger partial charge in [-0.2, -0.15) is 22.8 Å². The lowest BCUT2D eigenvalue weighted by Gasteiger charge is -2.00. The number of carbonyl (C=O) groups is 1. The lowest BCUT2D eigenvalue weighted by atomic mass is 10.5. The molecule has 0 saturated heterocycles. The Balaban J connectivity index is 2.38. The predicted molar refractivity (Wildman–Crippen MR) is 49.4 cm³/mol. The molecule has 2 heterocycles. The summed E-state index contributed by atoms with van der Waals surface area (Å²) in [4.78, 5) is 10.9. The SMILES string of the molecule is COC(=O)Cc1nn2c(C(F)(F)F)nnc2s1. The molecule has 0 spiro atoms. The highest BCUT2D eigenvalue weighted by atomic mass is 32.1. The van der Waals surface area contributed by atoms with Crippen LogP contribution in [0.1, 0.15) is 10.8 Å². The molecule has 6 nitrogen and oxygen atoms in total. The average Bonchev–Trinajstić information content (AvgIpc) is 2.74. The molecule has 2 aromatic heterocycles. The van der Waals surface area contributed by atoms with Gasteiger partial charge in [0.2, 0.25) is 4.96 Å². The Morgan fingerprint density at radius 3 is 2.76 bits per heavy atom. The second kappa shape index (κ2) is 3.95. The van der Waals surface area contributed by atoms with Crippen molar-refractivity contribution in [3.63, 3.8) is 0 Å². The summed E-state index contributed by atoms with van der Waals surface area (Å²) in [7, 11) is 1.18. The van der Waals surface area contributed by atoms with Crippen molar-refractivity contribution in [3.05, 3.63) is 10.8 Å². The maximum atomic E-state index is 12.4. The summed E-state index contributed by atoms with van der Waals surface area (Å²) in [5.41, 5.74) is 0. The molecule has 0 N–H and O–H groups in total. The molecule has 0 amide bonds. The molecular formula is C7H5F3N4O2S. The van der Waals surface area contributed by atoms with Crippen molar-refractivity contribution < 1.29 is 22.7 Å². The monoisotopic (exact) mass is 266 g/mol. The van der Waals surface area contributed by atoms with Crippen molar-refractivity contribution in [1.29, 1.82) is 0 Å². The summed E-state index contributed by atoms with van der Waals surface area (Å²) >= 11 is 0.855. The van der Waals surface area contributed by atoms with Crippen molar-refractivity contribution in [2.24, 2.45) is 0 Å². The molecule has 0 fully saturated rings. The molecule has 92 valence electrons. The number of hydrogen-bond acceptors (Lipinski definition) is 6. The van der Waals surface area contributed by atoms with Gasteiger partial charge in [0.15, 0.2) is 0 Å². The van der Waals surface area contributed by atoms with Gasteiger partial charge in [0.05, 0.1) is 13.5 Å². The highest BCUT2D eigenvalue weighted by molar-refractivity contribution is 7.16. The third-order valence-corrected chi connectivity index (χ3v) is 2.71. The second-order valence-electron chi connectivity index (χ2n) is 2.96.